The summed E-state index contributed by atoms with van der Waals surface area (Å²) in [4.78, 5) is 8.27. The standard InChI is InChI=1S/C7H8N4.2C2H6/c1-5-3-7-9-6(2)10-11(7)4-8-5;2*1-2/h3-4H,1-2H3;2*1-2H3. The molecule has 0 spiro atoms. The van der Waals surface area contributed by atoms with Crippen LogP contribution in [0.3, 0.4) is 0 Å². The van der Waals surface area contributed by atoms with Gasteiger partial charge in [0.2, 0.25) is 0 Å². The van der Waals surface area contributed by atoms with E-state index in [4.69, 9.17) is 0 Å². The molecule has 0 aromatic carbocycles. The fourth-order valence-electron chi connectivity index (χ4n) is 1.000. The van der Waals surface area contributed by atoms with Crippen molar-refractivity contribution in [3.05, 3.63) is 23.9 Å². The summed E-state index contributed by atoms with van der Waals surface area (Å²) in [7, 11) is 0. The zero-order chi connectivity index (χ0) is 11.8. The average molecular weight is 208 g/mol. The van der Waals surface area contributed by atoms with E-state index >= 15 is 0 Å². The van der Waals surface area contributed by atoms with Gasteiger partial charge in [-0.25, -0.2) is 14.5 Å². The van der Waals surface area contributed by atoms with E-state index in [0.29, 0.717) is 0 Å². The fourth-order valence-corrected chi connectivity index (χ4v) is 1.000. The van der Waals surface area contributed by atoms with Crippen molar-refractivity contribution in [2.75, 3.05) is 0 Å². The molecule has 0 fully saturated rings. The van der Waals surface area contributed by atoms with Gasteiger partial charge in [0.25, 0.3) is 0 Å². The molecule has 0 bridgehead atoms. The van der Waals surface area contributed by atoms with E-state index < -0.39 is 0 Å². The Morgan fingerprint density at radius 2 is 1.67 bits per heavy atom. The lowest BCUT2D eigenvalue weighted by molar-refractivity contribution is 0.890. The number of aryl methyl sites for hydroxylation is 2. The molecule has 4 heteroatoms. The molecule has 0 N–H and O–H groups in total. The summed E-state index contributed by atoms with van der Waals surface area (Å²) in [5.74, 6) is 0.775. The fraction of sp³-hybridized carbons (Fsp3) is 0.545. The SMILES string of the molecule is CC.CC.Cc1cc2nc(C)nn2cn1. The van der Waals surface area contributed by atoms with Crippen LogP contribution in [0.2, 0.25) is 0 Å². The molecule has 2 aromatic rings. The van der Waals surface area contributed by atoms with Crippen LogP contribution in [-0.2, 0) is 0 Å². The van der Waals surface area contributed by atoms with Crippen LogP contribution in [0.4, 0.5) is 0 Å². The van der Waals surface area contributed by atoms with Crippen LogP contribution in [0.15, 0.2) is 12.4 Å². The van der Waals surface area contributed by atoms with Gasteiger partial charge in [0.15, 0.2) is 5.65 Å². The van der Waals surface area contributed by atoms with Gasteiger partial charge in [-0.05, 0) is 13.8 Å². The van der Waals surface area contributed by atoms with Crippen molar-refractivity contribution in [1.29, 1.82) is 0 Å². The van der Waals surface area contributed by atoms with Crippen molar-refractivity contribution in [1.82, 2.24) is 19.6 Å². The van der Waals surface area contributed by atoms with Gasteiger partial charge in [-0.15, -0.1) is 0 Å². The van der Waals surface area contributed by atoms with Crippen molar-refractivity contribution in [2.45, 2.75) is 41.5 Å². The molecule has 0 aliphatic carbocycles. The van der Waals surface area contributed by atoms with Crippen molar-refractivity contribution in [3.63, 3.8) is 0 Å². The lowest BCUT2D eigenvalue weighted by Gasteiger charge is -1.90. The van der Waals surface area contributed by atoms with Gasteiger partial charge in [-0.2, -0.15) is 5.10 Å². The maximum Gasteiger partial charge on any atom is 0.159 e. The van der Waals surface area contributed by atoms with E-state index in [2.05, 4.69) is 15.1 Å². The zero-order valence-corrected chi connectivity index (χ0v) is 10.4. The highest BCUT2D eigenvalue weighted by Gasteiger charge is 1.97. The number of hydrogen-bond donors (Lipinski definition) is 0. The minimum Gasteiger partial charge on any atom is -0.241 e. The van der Waals surface area contributed by atoms with E-state index in [1.807, 2.05) is 47.6 Å². The Hall–Kier alpha value is -1.45. The smallest absolute Gasteiger partial charge is 0.159 e. The molecule has 0 unspecified atom stereocenters. The first kappa shape index (κ1) is 13.5. The first-order valence-electron chi connectivity index (χ1n) is 5.41. The zero-order valence-electron chi connectivity index (χ0n) is 10.4. The lowest BCUT2D eigenvalue weighted by atomic mass is 10.4. The average Bonchev–Trinajstić information content (AvgIpc) is 2.63. The monoisotopic (exact) mass is 208 g/mol. The summed E-state index contributed by atoms with van der Waals surface area (Å²) >= 11 is 0. The maximum absolute atomic E-state index is 4.19. The van der Waals surface area contributed by atoms with Gasteiger partial charge in [0, 0.05) is 11.8 Å². The normalized spacial score (nSPS) is 8.67. The molecule has 0 saturated carbocycles. The van der Waals surface area contributed by atoms with Gasteiger partial charge >= 0.3 is 0 Å². The third-order valence-corrected chi connectivity index (χ3v) is 1.47. The molecular weight excluding hydrogens is 188 g/mol. The number of rotatable bonds is 0. The minimum absolute atomic E-state index is 0.775. The lowest BCUT2D eigenvalue weighted by Crippen LogP contribution is -1.90. The van der Waals surface area contributed by atoms with Gasteiger partial charge in [0.05, 0.1) is 0 Å². The third kappa shape index (κ3) is 3.65. The van der Waals surface area contributed by atoms with Gasteiger partial charge in [-0.1, -0.05) is 27.7 Å². The van der Waals surface area contributed by atoms with Crippen LogP contribution in [0.5, 0.6) is 0 Å². The van der Waals surface area contributed by atoms with Crippen LogP contribution in [0, 0.1) is 13.8 Å². The molecular formula is C11H20N4. The molecule has 4 nitrogen and oxygen atoms in total. The second kappa shape index (κ2) is 6.92. The van der Waals surface area contributed by atoms with Gasteiger partial charge < -0.3 is 0 Å². The molecule has 0 radical (unpaired) electrons. The van der Waals surface area contributed by atoms with Crippen LogP contribution in [0.25, 0.3) is 5.65 Å². The molecule has 0 amide bonds. The molecule has 2 heterocycles. The summed E-state index contributed by atoms with van der Waals surface area (Å²) in [5, 5.41) is 4.10. The number of nitrogens with zero attached hydrogens (tertiary/aromatic N) is 4. The predicted molar refractivity (Wildman–Crippen MR) is 63.0 cm³/mol. The number of aromatic nitrogens is 4. The van der Waals surface area contributed by atoms with E-state index in [9.17, 15) is 0 Å². The van der Waals surface area contributed by atoms with Crippen molar-refractivity contribution < 1.29 is 0 Å². The van der Waals surface area contributed by atoms with Crippen molar-refractivity contribution >= 4 is 5.65 Å². The maximum atomic E-state index is 4.19. The highest BCUT2D eigenvalue weighted by Crippen LogP contribution is 2.00. The quantitative estimate of drug-likeness (QED) is 0.668. The first-order valence-corrected chi connectivity index (χ1v) is 5.41. The van der Waals surface area contributed by atoms with E-state index in [-0.39, 0.29) is 0 Å². The van der Waals surface area contributed by atoms with Crippen LogP contribution in [-0.4, -0.2) is 19.6 Å². The minimum atomic E-state index is 0.775. The van der Waals surface area contributed by atoms with Crippen LogP contribution in [0.1, 0.15) is 39.2 Å². The largest absolute Gasteiger partial charge is 0.241 e. The highest BCUT2D eigenvalue weighted by molar-refractivity contribution is 5.37. The second-order valence-electron chi connectivity index (χ2n) is 2.49. The van der Waals surface area contributed by atoms with E-state index in [1.165, 1.54) is 0 Å². The molecule has 15 heavy (non-hydrogen) atoms. The predicted octanol–water partition coefficient (Wildman–Crippen LogP) is 2.79. The second-order valence-corrected chi connectivity index (χ2v) is 2.49. The number of hydrogen-bond acceptors (Lipinski definition) is 3. The third-order valence-electron chi connectivity index (χ3n) is 1.47. The summed E-state index contributed by atoms with van der Waals surface area (Å²) in [5.41, 5.74) is 1.82. The van der Waals surface area contributed by atoms with E-state index in [0.717, 1.165) is 17.2 Å². The van der Waals surface area contributed by atoms with Gasteiger partial charge in [-0.3, -0.25) is 0 Å². The summed E-state index contributed by atoms with van der Waals surface area (Å²) in [6.45, 7) is 11.8. The summed E-state index contributed by atoms with van der Waals surface area (Å²) in [6.07, 6.45) is 1.67. The molecule has 0 atom stereocenters. The first-order chi connectivity index (χ1) is 7.25. The van der Waals surface area contributed by atoms with Crippen molar-refractivity contribution in [3.8, 4) is 0 Å². The Morgan fingerprint density at radius 1 is 1.07 bits per heavy atom. The molecule has 0 saturated heterocycles. The topological polar surface area (TPSA) is 43.1 Å². The Morgan fingerprint density at radius 3 is 2.27 bits per heavy atom. The summed E-state index contributed by atoms with van der Waals surface area (Å²) in [6, 6.07) is 1.90. The van der Waals surface area contributed by atoms with E-state index in [1.54, 1.807) is 10.8 Å². The Balaban J connectivity index is 0.000000442. The highest BCUT2D eigenvalue weighted by atomic mass is 15.3. The van der Waals surface area contributed by atoms with Gasteiger partial charge in [0.1, 0.15) is 12.2 Å². The Labute approximate surface area is 91.4 Å². The molecule has 2 aromatic heterocycles. The molecule has 2 rings (SSSR count). The Kier molecular flexibility index (Phi) is 6.25. The number of fused-ring (bicyclic) bond motifs is 1. The Bertz CT molecular complexity index is 392. The molecule has 0 aliphatic rings. The molecule has 84 valence electrons. The van der Waals surface area contributed by atoms with Crippen LogP contribution < -0.4 is 0 Å². The van der Waals surface area contributed by atoms with Crippen LogP contribution >= 0.6 is 0 Å². The molecule has 0 aliphatic heterocycles. The summed E-state index contributed by atoms with van der Waals surface area (Å²) < 4.78 is 1.67. The van der Waals surface area contributed by atoms with Crippen molar-refractivity contribution in [2.24, 2.45) is 0 Å².